The Morgan fingerprint density at radius 2 is 1.83 bits per heavy atom. The van der Waals surface area contributed by atoms with Crippen molar-refractivity contribution in [3.63, 3.8) is 0 Å². The van der Waals surface area contributed by atoms with Gasteiger partial charge in [-0.25, -0.2) is 8.42 Å². The van der Waals surface area contributed by atoms with Gasteiger partial charge in [-0.2, -0.15) is 0 Å². The van der Waals surface area contributed by atoms with Crippen molar-refractivity contribution in [2.24, 2.45) is 0 Å². The third kappa shape index (κ3) is 6.18. The molecule has 2 N–H and O–H groups in total. The summed E-state index contributed by atoms with van der Waals surface area (Å²) in [6.45, 7) is 6.88. The van der Waals surface area contributed by atoms with Crippen molar-refractivity contribution in [2.45, 2.75) is 31.0 Å². The number of nitrogens with one attached hydrogen (secondary N) is 2. The maximum atomic E-state index is 12.7. The Morgan fingerprint density at radius 1 is 1.13 bits per heavy atom. The van der Waals surface area contributed by atoms with E-state index in [2.05, 4.69) is 14.9 Å². The number of hydrogen-bond donors (Lipinski definition) is 2. The van der Waals surface area contributed by atoms with Gasteiger partial charge in [-0.05, 0) is 50.2 Å². The summed E-state index contributed by atoms with van der Waals surface area (Å²) in [5.41, 5.74) is 0.638. The summed E-state index contributed by atoms with van der Waals surface area (Å²) in [6, 6.07) is 12.4. The lowest BCUT2D eigenvalue weighted by Crippen LogP contribution is -2.47. The Balaban J connectivity index is 1.60. The lowest BCUT2D eigenvalue weighted by atomic mass is 10.2. The third-order valence-corrected chi connectivity index (χ3v) is 6.31. The SMILES string of the molecule is CC1CN(CCNC(=O)c2cccc(S(=O)(=O)Nc3cccc(Cl)c3)c2)CC(C)O1. The Bertz CT molecular complexity index is 989. The van der Waals surface area contributed by atoms with Gasteiger partial charge >= 0.3 is 0 Å². The zero-order chi connectivity index (χ0) is 21.7. The molecule has 0 radical (unpaired) electrons. The molecule has 3 rings (SSSR count). The summed E-state index contributed by atoms with van der Waals surface area (Å²) >= 11 is 5.91. The predicted molar refractivity (Wildman–Crippen MR) is 117 cm³/mol. The van der Waals surface area contributed by atoms with Crippen LogP contribution < -0.4 is 10.0 Å². The van der Waals surface area contributed by atoms with Crippen LogP contribution in [0.1, 0.15) is 24.2 Å². The van der Waals surface area contributed by atoms with Crippen LogP contribution in [0.25, 0.3) is 0 Å². The van der Waals surface area contributed by atoms with E-state index in [-0.39, 0.29) is 28.6 Å². The molecule has 0 aliphatic carbocycles. The minimum atomic E-state index is -3.85. The van der Waals surface area contributed by atoms with E-state index >= 15 is 0 Å². The molecule has 1 saturated heterocycles. The van der Waals surface area contributed by atoms with Gasteiger partial charge in [0, 0.05) is 36.8 Å². The molecule has 0 spiro atoms. The first-order valence-corrected chi connectivity index (χ1v) is 11.6. The van der Waals surface area contributed by atoms with Crippen molar-refractivity contribution in [3.05, 3.63) is 59.1 Å². The Hall–Kier alpha value is -2.13. The number of hydrogen-bond acceptors (Lipinski definition) is 5. The molecule has 7 nitrogen and oxygen atoms in total. The molecule has 0 aromatic heterocycles. The van der Waals surface area contributed by atoms with Gasteiger partial charge in [-0.1, -0.05) is 23.7 Å². The van der Waals surface area contributed by atoms with E-state index < -0.39 is 10.0 Å². The molecule has 162 valence electrons. The fourth-order valence-corrected chi connectivity index (χ4v) is 4.75. The molecule has 0 bridgehead atoms. The molecule has 1 aliphatic rings. The first-order valence-electron chi connectivity index (χ1n) is 9.77. The van der Waals surface area contributed by atoms with Gasteiger partial charge in [0.15, 0.2) is 0 Å². The van der Waals surface area contributed by atoms with Crippen molar-refractivity contribution in [2.75, 3.05) is 30.9 Å². The van der Waals surface area contributed by atoms with Gasteiger partial charge in [-0.15, -0.1) is 0 Å². The summed E-state index contributed by atoms with van der Waals surface area (Å²) in [7, 11) is -3.85. The number of sulfonamides is 1. The molecular formula is C21H26ClN3O4S. The molecule has 2 aromatic rings. The number of anilines is 1. The Labute approximate surface area is 182 Å². The summed E-state index contributed by atoms with van der Waals surface area (Å²) < 4.78 is 33.5. The highest BCUT2D eigenvalue weighted by atomic mass is 35.5. The molecule has 1 aliphatic heterocycles. The zero-order valence-electron chi connectivity index (χ0n) is 17.0. The van der Waals surface area contributed by atoms with Gasteiger partial charge in [0.2, 0.25) is 0 Å². The number of carbonyl (C=O) groups is 1. The largest absolute Gasteiger partial charge is 0.373 e. The number of amides is 1. The third-order valence-electron chi connectivity index (χ3n) is 4.69. The number of benzene rings is 2. The van der Waals surface area contributed by atoms with Crippen LogP contribution in [-0.2, 0) is 14.8 Å². The van der Waals surface area contributed by atoms with E-state index in [1.54, 1.807) is 30.3 Å². The number of halogens is 1. The molecule has 9 heteroatoms. The molecule has 1 amide bonds. The van der Waals surface area contributed by atoms with Gasteiger partial charge in [-0.3, -0.25) is 14.4 Å². The highest BCUT2D eigenvalue weighted by Gasteiger charge is 2.22. The van der Waals surface area contributed by atoms with Crippen molar-refractivity contribution >= 4 is 33.2 Å². The van der Waals surface area contributed by atoms with E-state index in [0.29, 0.717) is 23.8 Å². The minimum Gasteiger partial charge on any atom is -0.373 e. The molecular weight excluding hydrogens is 426 g/mol. The average molecular weight is 452 g/mol. The first kappa shape index (κ1) is 22.6. The van der Waals surface area contributed by atoms with E-state index in [1.807, 2.05) is 13.8 Å². The Morgan fingerprint density at radius 3 is 2.53 bits per heavy atom. The highest BCUT2D eigenvalue weighted by molar-refractivity contribution is 7.92. The van der Waals surface area contributed by atoms with E-state index in [0.717, 1.165) is 13.1 Å². The molecule has 0 saturated carbocycles. The molecule has 1 heterocycles. The fourth-order valence-electron chi connectivity index (χ4n) is 3.47. The lowest BCUT2D eigenvalue weighted by Gasteiger charge is -2.35. The second-order valence-corrected chi connectivity index (χ2v) is 9.54. The molecule has 2 atom stereocenters. The van der Waals surface area contributed by atoms with Crippen molar-refractivity contribution in [1.29, 1.82) is 0 Å². The van der Waals surface area contributed by atoms with Gasteiger partial charge in [0.1, 0.15) is 0 Å². The molecule has 30 heavy (non-hydrogen) atoms. The second kappa shape index (κ2) is 9.78. The van der Waals surface area contributed by atoms with Crippen LogP contribution in [-0.4, -0.2) is 57.6 Å². The number of morpholine rings is 1. The molecule has 1 fully saturated rings. The number of ether oxygens (including phenoxy) is 1. The van der Waals surface area contributed by atoms with Crippen LogP contribution in [0.4, 0.5) is 5.69 Å². The second-order valence-electron chi connectivity index (χ2n) is 7.42. The first-order chi connectivity index (χ1) is 14.2. The summed E-state index contributed by atoms with van der Waals surface area (Å²) in [6.07, 6.45) is 0.330. The van der Waals surface area contributed by atoms with Crippen LogP contribution in [0.3, 0.4) is 0 Å². The average Bonchev–Trinajstić information content (AvgIpc) is 2.67. The predicted octanol–water partition coefficient (Wildman–Crippen LogP) is 2.98. The number of nitrogens with zero attached hydrogens (tertiary/aromatic N) is 1. The normalized spacial score (nSPS) is 20.0. The van der Waals surface area contributed by atoms with Gasteiger partial charge < -0.3 is 10.1 Å². The fraction of sp³-hybridized carbons (Fsp3) is 0.381. The number of rotatable bonds is 7. The lowest BCUT2D eigenvalue weighted by molar-refractivity contribution is -0.0672. The van der Waals surface area contributed by atoms with E-state index in [1.165, 1.54) is 18.2 Å². The van der Waals surface area contributed by atoms with Gasteiger partial charge in [0.05, 0.1) is 22.8 Å². The highest BCUT2D eigenvalue weighted by Crippen LogP contribution is 2.20. The summed E-state index contributed by atoms with van der Waals surface area (Å²) in [4.78, 5) is 14.8. The topological polar surface area (TPSA) is 87.7 Å². The molecule has 2 aromatic carbocycles. The quantitative estimate of drug-likeness (QED) is 0.675. The van der Waals surface area contributed by atoms with Crippen LogP contribution in [0, 0.1) is 0 Å². The standard InChI is InChI=1S/C21H26ClN3O4S/c1-15-13-25(14-16(2)29-15)10-9-23-21(26)17-5-3-8-20(11-17)30(27,28)24-19-7-4-6-18(22)12-19/h3-8,11-12,15-16,24H,9-10,13-14H2,1-2H3,(H,23,26). The Kier molecular flexibility index (Phi) is 7.36. The summed E-state index contributed by atoms with van der Waals surface area (Å²) in [5.74, 6) is -0.316. The smallest absolute Gasteiger partial charge is 0.261 e. The van der Waals surface area contributed by atoms with E-state index in [4.69, 9.17) is 16.3 Å². The van der Waals surface area contributed by atoms with Crippen molar-refractivity contribution in [3.8, 4) is 0 Å². The zero-order valence-corrected chi connectivity index (χ0v) is 18.5. The van der Waals surface area contributed by atoms with Crippen LogP contribution in [0.15, 0.2) is 53.4 Å². The van der Waals surface area contributed by atoms with Gasteiger partial charge in [0.25, 0.3) is 15.9 Å². The maximum absolute atomic E-state index is 12.7. The van der Waals surface area contributed by atoms with Crippen LogP contribution >= 0.6 is 11.6 Å². The molecule has 2 unspecified atom stereocenters. The monoisotopic (exact) mass is 451 g/mol. The van der Waals surface area contributed by atoms with Crippen LogP contribution in [0.5, 0.6) is 0 Å². The van der Waals surface area contributed by atoms with Crippen LogP contribution in [0.2, 0.25) is 5.02 Å². The number of carbonyl (C=O) groups excluding carboxylic acids is 1. The summed E-state index contributed by atoms with van der Waals surface area (Å²) in [5, 5.41) is 3.28. The van der Waals surface area contributed by atoms with Crippen molar-refractivity contribution in [1.82, 2.24) is 10.2 Å². The van der Waals surface area contributed by atoms with E-state index in [9.17, 15) is 13.2 Å². The minimum absolute atomic E-state index is 0.00551. The van der Waals surface area contributed by atoms with Crippen molar-refractivity contribution < 1.29 is 17.9 Å². The maximum Gasteiger partial charge on any atom is 0.261 e.